The molecular weight excluding hydrogens is 258 g/mol. The summed E-state index contributed by atoms with van der Waals surface area (Å²) >= 11 is 0. The first-order valence-electron chi connectivity index (χ1n) is 6.62. The summed E-state index contributed by atoms with van der Waals surface area (Å²) < 4.78 is 10.4. The van der Waals surface area contributed by atoms with Crippen LogP contribution in [-0.4, -0.2) is 31.6 Å². The van der Waals surface area contributed by atoms with Crippen LogP contribution in [0.3, 0.4) is 0 Å². The first kappa shape index (κ1) is 14.4. The number of carbonyl (C=O) groups excluding carboxylic acids is 2. The van der Waals surface area contributed by atoms with Crippen LogP contribution < -0.4 is 10.1 Å². The van der Waals surface area contributed by atoms with Crippen molar-refractivity contribution < 1.29 is 19.1 Å². The lowest BCUT2D eigenvalue weighted by atomic mass is 9.75. The molecule has 1 N–H and O–H groups in total. The molecule has 2 atom stereocenters. The standard InChI is InChI=1S/C15H19NO4/c1-4-20-14(18)13-15(2,9-12(17)16-13)10-7-5-6-8-11(10)19-3/h5-8,13H,4,9H2,1-3H3,(H,16,17). The van der Waals surface area contributed by atoms with Crippen molar-refractivity contribution in [3.05, 3.63) is 29.8 Å². The largest absolute Gasteiger partial charge is 0.496 e. The van der Waals surface area contributed by atoms with Gasteiger partial charge in [0.2, 0.25) is 5.91 Å². The van der Waals surface area contributed by atoms with Crippen molar-refractivity contribution in [3.8, 4) is 5.75 Å². The molecule has 1 amide bonds. The molecule has 0 aliphatic carbocycles. The Morgan fingerprint density at radius 1 is 1.45 bits per heavy atom. The number of nitrogens with one attached hydrogen (secondary N) is 1. The molecule has 0 spiro atoms. The fourth-order valence-electron chi connectivity index (χ4n) is 2.72. The molecule has 5 heteroatoms. The quantitative estimate of drug-likeness (QED) is 0.845. The maximum atomic E-state index is 12.1. The molecule has 1 aromatic rings. The monoisotopic (exact) mass is 277 g/mol. The van der Waals surface area contributed by atoms with Crippen LogP contribution in [0.2, 0.25) is 0 Å². The Bertz CT molecular complexity index is 528. The summed E-state index contributed by atoms with van der Waals surface area (Å²) in [6.45, 7) is 3.91. The molecule has 1 aromatic carbocycles. The van der Waals surface area contributed by atoms with E-state index in [1.165, 1.54) is 0 Å². The molecule has 1 aliphatic heterocycles. The summed E-state index contributed by atoms with van der Waals surface area (Å²) in [4.78, 5) is 23.9. The fourth-order valence-corrected chi connectivity index (χ4v) is 2.72. The summed E-state index contributed by atoms with van der Waals surface area (Å²) in [5.74, 6) is 0.101. The Hall–Kier alpha value is -2.04. The number of hydrogen-bond donors (Lipinski definition) is 1. The van der Waals surface area contributed by atoms with Gasteiger partial charge in [-0.25, -0.2) is 4.79 Å². The molecule has 0 aromatic heterocycles. The smallest absolute Gasteiger partial charge is 0.329 e. The minimum Gasteiger partial charge on any atom is -0.496 e. The van der Waals surface area contributed by atoms with E-state index in [1.54, 1.807) is 14.0 Å². The summed E-state index contributed by atoms with van der Waals surface area (Å²) in [5.41, 5.74) is 0.162. The van der Waals surface area contributed by atoms with Crippen LogP contribution in [0.5, 0.6) is 5.75 Å². The van der Waals surface area contributed by atoms with Gasteiger partial charge in [0.25, 0.3) is 0 Å². The van der Waals surface area contributed by atoms with E-state index >= 15 is 0 Å². The third kappa shape index (κ3) is 2.35. The summed E-state index contributed by atoms with van der Waals surface area (Å²) in [6, 6.07) is 6.74. The molecule has 1 aliphatic rings. The number of methoxy groups -OCH3 is 1. The molecule has 2 unspecified atom stereocenters. The van der Waals surface area contributed by atoms with Gasteiger partial charge < -0.3 is 14.8 Å². The van der Waals surface area contributed by atoms with Gasteiger partial charge in [0.05, 0.1) is 13.7 Å². The van der Waals surface area contributed by atoms with Crippen LogP contribution in [0.15, 0.2) is 24.3 Å². The fraction of sp³-hybridized carbons (Fsp3) is 0.467. The molecule has 0 bridgehead atoms. The van der Waals surface area contributed by atoms with Crippen molar-refractivity contribution in [2.24, 2.45) is 0 Å². The molecule has 108 valence electrons. The first-order valence-corrected chi connectivity index (χ1v) is 6.62. The van der Waals surface area contributed by atoms with Crippen LogP contribution >= 0.6 is 0 Å². The van der Waals surface area contributed by atoms with E-state index in [0.29, 0.717) is 5.75 Å². The normalized spacial score (nSPS) is 25.1. The Morgan fingerprint density at radius 2 is 2.15 bits per heavy atom. The van der Waals surface area contributed by atoms with Gasteiger partial charge in [-0.2, -0.15) is 0 Å². The highest BCUT2D eigenvalue weighted by atomic mass is 16.5. The van der Waals surface area contributed by atoms with Crippen molar-refractivity contribution in [1.82, 2.24) is 5.32 Å². The molecule has 5 nitrogen and oxygen atoms in total. The lowest BCUT2D eigenvalue weighted by Crippen LogP contribution is -2.46. The highest BCUT2D eigenvalue weighted by molar-refractivity contribution is 5.91. The van der Waals surface area contributed by atoms with Crippen molar-refractivity contribution in [1.29, 1.82) is 0 Å². The maximum absolute atomic E-state index is 12.1. The van der Waals surface area contributed by atoms with Gasteiger partial charge >= 0.3 is 5.97 Å². The second kappa shape index (κ2) is 5.53. The molecule has 1 saturated heterocycles. The van der Waals surface area contributed by atoms with Crippen LogP contribution in [0.1, 0.15) is 25.8 Å². The predicted molar refractivity (Wildman–Crippen MR) is 73.5 cm³/mol. The number of ether oxygens (including phenoxy) is 2. The Balaban J connectivity index is 2.44. The first-order chi connectivity index (χ1) is 9.52. The molecule has 0 radical (unpaired) electrons. The number of carbonyl (C=O) groups is 2. The van der Waals surface area contributed by atoms with E-state index in [4.69, 9.17) is 9.47 Å². The van der Waals surface area contributed by atoms with Crippen molar-refractivity contribution in [2.45, 2.75) is 31.7 Å². The zero-order valence-electron chi connectivity index (χ0n) is 11.9. The second-order valence-electron chi connectivity index (χ2n) is 5.05. The minimum atomic E-state index is -0.689. The van der Waals surface area contributed by atoms with Crippen LogP contribution in [0, 0.1) is 0 Å². The summed E-state index contributed by atoms with van der Waals surface area (Å²) in [7, 11) is 1.58. The topological polar surface area (TPSA) is 64.6 Å². The average molecular weight is 277 g/mol. The van der Waals surface area contributed by atoms with E-state index in [0.717, 1.165) is 5.56 Å². The van der Waals surface area contributed by atoms with Gasteiger partial charge in [-0.1, -0.05) is 25.1 Å². The van der Waals surface area contributed by atoms with Gasteiger partial charge in [-0.15, -0.1) is 0 Å². The van der Waals surface area contributed by atoms with E-state index in [-0.39, 0.29) is 18.9 Å². The van der Waals surface area contributed by atoms with Crippen LogP contribution in [-0.2, 0) is 19.7 Å². The van der Waals surface area contributed by atoms with Crippen molar-refractivity contribution in [2.75, 3.05) is 13.7 Å². The third-order valence-electron chi connectivity index (χ3n) is 3.71. The van der Waals surface area contributed by atoms with E-state index in [2.05, 4.69) is 5.32 Å². The highest BCUT2D eigenvalue weighted by Gasteiger charge is 2.50. The zero-order valence-corrected chi connectivity index (χ0v) is 11.9. The van der Waals surface area contributed by atoms with Gasteiger partial charge in [0.15, 0.2) is 0 Å². The third-order valence-corrected chi connectivity index (χ3v) is 3.71. The predicted octanol–water partition coefficient (Wildman–Crippen LogP) is 1.40. The second-order valence-corrected chi connectivity index (χ2v) is 5.05. The minimum absolute atomic E-state index is 0.156. The number of rotatable bonds is 4. The van der Waals surface area contributed by atoms with Crippen LogP contribution in [0.25, 0.3) is 0 Å². The number of hydrogen-bond acceptors (Lipinski definition) is 4. The molecule has 2 rings (SSSR count). The van der Waals surface area contributed by atoms with E-state index < -0.39 is 17.4 Å². The van der Waals surface area contributed by atoms with Crippen molar-refractivity contribution >= 4 is 11.9 Å². The lowest BCUT2D eigenvalue weighted by Gasteiger charge is -2.30. The van der Waals surface area contributed by atoms with E-state index in [9.17, 15) is 9.59 Å². The average Bonchev–Trinajstić information content (AvgIpc) is 2.75. The summed E-state index contributed by atoms with van der Waals surface area (Å²) in [5, 5.41) is 2.71. The highest BCUT2D eigenvalue weighted by Crippen LogP contribution is 2.40. The van der Waals surface area contributed by atoms with Gasteiger partial charge in [0.1, 0.15) is 11.8 Å². The van der Waals surface area contributed by atoms with Crippen molar-refractivity contribution in [3.63, 3.8) is 0 Å². The molecule has 1 heterocycles. The zero-order chi connectivity index (χ0) is 14.8. The van der Waals surface area contributed by atoms with Crippen LogP contribution in [0.4, 0.5) is 0 Å². The molecule has 20 heavy (non-hydrogen) atoms. The Morgan fingerprint density at radius 3 is 2.80 bits per heavy atom. The van der Waals surface area contributed by atoms with Gasteiger partial charge in [-0.05, 0) is 13.0 Å². The lowest BCUT2D eigenvalue weighted by molar-refractivity contribution is -0.147. The van der Waals surface area contributed by atoms with Gasteiger partial charge in [-0.3, -0.25) is 4.79 Å². The number of esters is 1. The molecule has 0 saturated carbocycles. The van der Waals surface area contributed by atoms with Gasteiger partial charge in [0, 0.05) is 17.4 Å². The number of para-hydroxylation sites is 1. The Labute approximate surface area is 118 Å². The molecule has 1 fully saturated rings. The number of benzene rings is 1. The molecular formula is C15H19NO4. The Kier molecular flexibility index (Phi) is 3.97. The number of amides is 1. The SMILES string of the molecule is CCOC(=O)C1NC(=O)CC1(C)c1ccccc1OC. The summed E-state index contributed by atoms with van der Waals surface area (Å²) in [6.07, 6.45) is 0.233. The van der Waals surface area contributed by atoms with E-state index in [1.807, 2.05) is 31.2 Å². The maximum Gasteiger partial charge on any atom is 0.329 e.